The first-order valence-corrected chi connectivity index (χ1v) is 10.2. The zero-order valence-corrected chi connectivity index (χ0v) is 20.1. The molecule has 1 aliphatic carbocycles. The zero-order chi connectivity index (χ0) is 19.6. The van der Waals surface area contributed by atoms with E-state index in [1.54, 1.807) is 7.05 Å². The molecule has 1 aromatic carbocycles. The molecule has 1 saturated carbocycles. The molecule has 0 saturated heterocycles. The van der Waals surface area contributed by atoms with Crippen LogP contribution in [0.2, 0.25) is 5.02 Å². The minimum Gasteiger partial charge on any atom is -0.355 e. The minimum absolute atomic E-state index is 0. The number of nitrogens with one attached hydrogen (secondary N) is 3. The number of rotatable bonds is 10. The normalized spacial score (nSPS) is 15.0. The van der Waals surface area contributed by atoms with E-state index in [0.717, 1.165) is 42.5 Å². The summed E-state index contributed by atoms with van der Waals surface area (Å²) in [6.45, 7) is 8.12. The number of likely N-dealkylation sites (N-methyl/N-ethyl adjacent to an activating group) is 1. The van der Waals surface area contributed by atoms with E-state index in [4.69, 9.17) is 11.6 Å². The molecule has 6 nitrogen and oxygen atoms in total. The maximum atomic E-state index is 11.7. The Labute approximate surface area is 190 Å². The molecular weight excluding hydrogens is 489 g/mol. The molecule has 0 aliphatic heterocycles. The van der Waals surface area contributed by atoms with Gasteiger partial charge in [-0.3, -0.25) is 14.7 Å². The largest absolute Gasteiger partial charge is 0.355 e. The van der Waals surface area contributed by atoms with Crippen LogP contribution in [0.3, 0.4) is 0 Å². The number of carbonyl (C=O) groups excluding carboxylic acids is 1. The van der Waals surface area contributed by atoms with Gasteiger partial charge >= 0.3 is 0 Å². The lowest BCUT2D eigenvalue weighted by Crippen LogP contribution is -2.45. The molecule has 1 fully saturated rings. The van der Waals surface area contributed by atoms with Crippen LogP contribution in [0.1, 0.15) is 38.3 Å². The Balaban J connectivity index is 0.00000392. The van der Waals surface area contributed by atoms with Crippen LogP contribution < -0.4 is 16.0 Å². The number of aliphatic imine (C=N–C) groups is 1. The fraction of sp³-hybridized carbons (Fsp3) is 0.600. The predicted octanol–water partition coefficient (Wildman–Crippen LogP) is 3.03. The number of amides is 1. The molecule has 1 amide bonds. The summed E-state index contributed by atoms with van der Waals surface area (Å²) in [5.41, 5.74) is 1.11. The molecule has 0 heterocycles. The van der Waals surface area contributed by atoms with Crippen LogP contribution in [0.5, 0.6) is 0 Å². The fourth-order valence-electron chi connectivity index (χ4n) is 3.12. The average molecular weight is 522 g/mol. The van der Waals surface area contributed by atoms with Gasteiger partial charge in [0.15, 0.2) is 5.96 Å². The summed E-state index contributed by atoms with van der Waals surface area (Å²) in [6.07, 6.45) is 2.05. The minimum atomic E-state index is 0. The number of halogens is 2. The lowest BCUT2D eigenvalue weighted by atomic mass is 10.0. The molecule has 0 radical (unpaired) electrons. The number of guanidine groups is 1. The van der Waals surface area contributed by atoms with Gasteiger partial charge in [-0.05, 0) is 37.6 Å². The van der Waals surface area contributed by atoms with Crippen molar-refractivity contribution in [3.8, 4) is 0 Å². The standard InChI is InChI=1S/C20H32ClN5O.HI/c1-4-26(5-2)18(16-8-6-7-9-17(16)21)14-25-20(22-3)24-13-12-23-19(27)15-10-11-15;/h6-9,15,18H,4-5,10-14H2,1-3H3,(H,23,27)(H2,22,24,25);1H. The molecular formula is C20H33ClIN5O. The highest BCUT2D eigenvalue weighted by Gasteiger charge is 2.29. The molecule has 3 N–H and O–H groups in total. The molecule has 0 aromatic heterocycles. The van der Waals surface area contributed by atoms with Crippen molar-refractivity contribution in [1.29, 1.82) is 0 Å². The molecule has 1 aliphatic rings. The van der Waals surface area contributed by atoms with Crippen LogP contribution in [0.4, 0.5) is 0 Å². The maximum Gasteiger partial charge on any atom is 0.223 e. The summed E-state index contributed by atoms with van der Waals surface area (Å²) < 4.78 is 0. The summed E-state index contributed by atoms with van der Waals surface area (Å²) in [7, 11) is 1.75. The third kappa shape index (κ3) is 7.75. The Kier molecular flexibility index (Phi) is 11.8. The Bertz CT molecular complexity index is 635. The van der Waals surface area contributed by atoms with Gasteiger partial charge in [-0.2, -0.15) is 0 Å². The molecule has 1 atom stereocenters. The van der Waals surface area contributed by atoms with Gasteiger partial charge in [-0.1, -0.05) is 43.6 Å². The summed E-state index contributed by atoms with van der Waals surface area (Å²) in [5.74, 6) is 1.13. The number of benzene rings is 1. The molecule has 0 spiro atoms. The van der Waals surface area contributed by atoms with Crippen molar-refractivity contribution in [3.63, 3.8) is 0 Å². The van der Waals surface area contributed by atoms with E-state index < -0.39 is 0 Å². The second-order valence-electron chi connectivity index (χ2n) is 6.70. The van der Waals surface area contributed by atoms with Crippen LogP contribution in [0, 0.1) is 5.92 Å². The first kappa shape index (κ1) is 25.0. The monoisotopic (exact) mass is 521 g/mol. The van der Waals surface area contributed by atoms with Crippen molar-refractivity contribution in [1.82, 2.24) is 20.9 Å². The van der Waals surface area contributed by atoms with E-state index in [-0.39, 0.29) is 41.8 Å². The highest BCUT2D eigenvalue weighted by atomic mass is 127. The summed E-state index contributed by atoms with van der Waals surface area (Å²) in [6, 6.07) is 8.14. The zero-order valence-electron chi connectivity index (χ0n) is 17.0. The van der Waals surface area contributed by atoms with Crippen LogP contribution in [-0.2, 0) is 4.79 Å². The molecule has 0 bridgehead atoms. The van der Waals surface area contributed by atoms with E-state index in [9.17, 15) is 4.79 Å². The summed E-state index contributed by atoms with van der Waals surface area (Å²) >= 11 is 6.45. The third-order valence-corrected chi connectivity index (χ3v) is 5.21. The van der Waals surface area contributed by atoms with Gasteiger partial charge in [-0.25, -0.2) is 0 Å². The van der Waals surface area contributed by atoms with Gasteiger partial charge in [0.1, 0.15) is 0 Å². The lowest BCUT2D eigenvalue weighted by molar-refractivity contribution is -0.122. The number of nitrogens with zero attached hydrogens (tertiary/aromatic N) is 2. The summed E-state index contributed by atoms with van der Waals surface area (Å²) in [4.78, 5) is 18.3. The van der Waals surface area contributed by atoms with Crippen molar-refractivity contribution in [2.75, 3.05) is 39.8 Å². The van der Waals surface area contributed by atoms with Gasteiger partial charge in [0, 0.05) is 37.6 Å². The predicted molar refractivity (Wildman–Crippen MR) is 128 cm³/mol. The topological polar surface area (TPSA) is 68.8 Å². The van der Waals surface area contributed by atoms with Crippen molar-refractivity contribution in [2.45, 2.75) is 32.7 Å². The van der Waals surface area contributed by atoms with Crippen LogP contribution in [0.25, 0.3) is 0 Å². The second kappa shape index (κ2) is 13.2. The van der Waals surface area contributed by atoms with Gasteiger partial charge in [0.05, 0.1) is 6.04 Å². The van der Waals surface area contributed by atoms with Gasteiger partial charge in [-0.15, -0.1) is 24.0 Å². The first-order chi connectivity index (χ1) is 13.1. The molecule has 28 heavy (non-hydrogen) atoms. The Morgan fingerprint density at radius 2 is 1.82 bits per heavy atom. The molecule has 158 valence electrons. The van der Waals surface area contributed by atoms with E-state index in [1.807, 2.05) is 18.2 Å². The van der Waals surface area contributed by atoms with Crippen molar-refractivity contribution in [2.24, 2.45) is 10.9 Å². The smallest absolute Gasteiger partial charge is 0.223 e. The Morgan fingerprint density at radius 3 is 2.39 bits per heavy atom. The van der Waals surface area contributed by atoms with Crippen LogP contribution >= 0.6 is 35.6 Å². The van der Waals surface area contributed by atoms with Crippen LogP contribution in [0.15, 0.2) is 29.3 Å². The summed E-state index contributed by atoms with van der Waals surface area (Å²) in [5, 5.41) is 10.4. The Morgan fingerprint density at radius 1 is 1.18 bits per heavy atom. The first-order valence-electron chi connectivity index (χ1n) is 9.81. The van der Waals surface area contributed by atoms with E-state index in [1.165, 1.54) is 0 Å². The quantitative estimate of drug-likeness (QED) is 0.192. The van der Waals surface area contributed by atoms with Gasteiger partial charge in [0.2, 0.25) is 5.91 Å². The van der Waals surface area contributed by atoms with E-state index >= 15 is 0 Å². The lowest BCUT2D eigenvalue weighted by Gasteiger charge is -2.31. The third-order valence-electron chi connectivity index (χ3n) is 4.87. The number of hydrogen-bond acceptors (Lipinski definition) is 3. The van der Waals surface area contributed by atoms with Crippen LogP contribution in [-0.4, -0.2) is 56.5 Å². The fourth-order valence-corrected chi connectivity index (χ4v) is 3.38. The molecule has 1 aromatic rings. The van der Waals surface area contributed by atoms with Crippen molar-refractivity contribution >= 4 is 47.4 Å². The second-order valence-corrected chi connectivity index (χ2v) is 7.11. The van der Waals surface area contributed by atoms with E-state index in [2.05, 4.69) is 45.8 Å². The highest BCUT2D eigenvalue weighted by Crippen LogP contribution is 2.28. The molecule has 1 unspecified atom stereocenters. The van der Waals surface area contributed by atoms with Crippen molar-refractivity contribution in [3.05, 3.63) is 34.9 Å². The molecule has 2 rings (SSSR count). The average Bonchev–Trinajstić information content (AvgIpc) is 3.52. The van der Waals surface area contributed by atoms with Gasteiger partial charge in [0.25, 0.3) is 0 Å². The van der Waals surface area contributed by atoms with Crippen molar-refractivity contribution < 1.29 is 4.79 Å². The SMILES string of the molecule is CCN(CC)C(CNC(=NC)NCCNC(=O)C1CC1)c1ccccc1Cl.I. The number of hydrogen-bond donors (Lipinski definition) is 3. The van der Waals surface area contributed by atoms with Gasteiger partial charge < -0.3 is 16.0 Å². The Hall–Kier alpha value is -1.06. The molecule has 8 heteroatoms. The van der Waals surface area contributed by atoms with E-state index in [0.29, 0.717) is 19.6 Å². The maximum absolute atomic E-state index is 11.7. The highest BCUT2D eigenvalue weighted by molar-refractivity contribution is 14.0. The number of carbonyl (C=O) groups is 1.